The predicted molar refractivity (Wildman–Crippen MR) is 302 cm³/mol. The Morgan fingerprint density at radius 3 is 0.958 bits per heavy atom. The summed E-state index contributed by atoms with van der Waals surface area (Å²) in [6.45, 7) is 44.1. The van der Waals surface area contributed by atoms with Crippen LogP contribution in [0.15, 0.2) is 128 Å². The summed E-state index contributed by atoms with van der Waals surface area (Å²) in [6.07, 6.45) is 22.3. The maximum absolute atomic E-state index is 16.4. The standard InChI is InChI=1S/C61H101O9P/c1-45(2)23-24-56(62)58(37-27-48(7)8,70-71(63,64)65)60(39-29-50(11)12,68-43-33-54(19)20)61(40-30-51(13)14,69-44-34-55(21)22)59(38-28-49(9)10,67-42-32-53(17)18)57(35-25-46(3)4,36-26-47(5)6)66-41-31-52(15)16/h23,25-34H,24,35-44H2,1-22H3,(H2,63,64,65)/t58-,59+,60+,61+/m0/s1. The number of hydrogen-bond donors (Lipinski definition) is 2. The normalized spacial score (nSPS) is 14.8. The molecule has 0 unspecified atom stereocenters. The molecule has 10 heteroatoms. The van der Waals surface area contributed by atoms with Crippen LogP contribution in [0.4, 0.5) is 0 Å². The van der Waals surface area contributed by atoms with Crippen molar-refractivity contribution in [3.05, 3.63) is 128 Å². The molecule has 0 aliphatic rings. The van der Waals surface area contributed by atoms with E-state index in [2.05, 4.69) is 58.1 Å². The third-order valence-electron chi connectivity index (χ3n) is 12.3. The molecule has 0 aliphatic carbocycles. The highest BCUT2D eigenvalue weighted by molar-refractivity contribution is 7.46. The number of carbonyl (C=O) groups is 1. The van der Waals surface area contributed by atoms with Gasteiger partial charge >= 0.3 is 7.82 Å². The first-order chi connectivity index (χ1) is 32.7. The highest BCUT2D eigenvalue weighted by Gasteiger charge is 2.79. The van der Waals surface area contributed by atoms with Gasteiger partial charge in [0.2, 0.25) is 0 Å². The molecule has 0 rings (SSSR count). The van der Waals surface area contributed by atoms with E-state index >= 15 is 4.79 Å². The fourth-order valence-electron chi connectivity index (χ4n) is 8.45. The van der Waals surface area contributed by atoms with Crippen LogP contribution in [-0.2, 0) is 32.8 Å². The van der Waals surface area contributed by atoms with Gasteiger partial charge in [0.1, 0.15) is 22.4 Å². The Labute approximate surface area is 434 Å². The number of allylic oxidation sites excluding steroid dienone is 12. The lowest BCUT2D eigenvalue weighted by atomic mass is 9.52. The monoisotopic (exact) mass is 1010 g/mol. The van der Waals surface area contributed by atoms with Crippen molar-refractivity contribution in [3.8, 4) is 0 Å². The summed E-state index contributed by atoms with van der Waals surface area (Å²) in [5.74, 6) is -0.587. The molecule has 0 amide bonds. The summed E-state index contributed by atoms with van der Waals surface area (Å²) in [6, 6.07) is 0. The maximum Gasteiger partial charge on any atom is 0.470 e. The summed E-state index contributed by atoms with van der Waals surface area (Å²) in [4.78, 5) is 39.6. The molecular formula is C61H101O9P. The second kappa shape index (κ2) is 31.5. The van der Waals surface area contributed by atoms with Crippen molar-refractivity contribution in [3.63, 3.8) is 0 Å². The van der Waals surface area contributed by atoms with Crippen molar-refractivity contribution < 1.29 is 42.6 Å². The number of Topliss-reactive ketones (excluding diaryl/α,β-unsaturated/α-hetero) is 1. The molecule has 71 heavy (non-hydrogen) atoms. The van der Waals surface area contributed by atoms with E-state index in [1.165, 1.54) is 0 Å². The summed E-state index contributed by atoms with van der Waals surface area (Å²) in [7, 11) is -5.62. The van der Waals surface area contributed by atoms with Crippen molar-refractivity contribution in [2.24, 2.45) is 0 Å². The van der Waals surface area contributed by atoms with Gasteiger partial charge in [0.15, 0.2) is 11.4 Å². The minimum Gasteiger partial charge on any atom is -0.367 e. The van der Waals surface area contributed by atoms with Crippen LogP contribution in [0.1, 0.15) is 197 Å². The van der Waals surface area contributed by atoms with Crippen LogP contribution in [0.25, 0.3) is 0 Å². The topological polar surface area (TPSA) is 121 Å². The Balaban J connectivity index is 11.7. The first-order valence-electron chi connectivity index (χ1n) is 25.5. The lowest BCUT2D eigenvalue weighted by Crippen LogP contribution is -2.84. The Hall–Kier alpha value is -3.24. The first-order valence-corrected chi connectivity index (χ1v) is 27.1. The molecule has 0 aliphatic heterocycles. The van der Waals surface area contributed by atoms with E-state index in [1.807, 2.05) is 155 Å². The van der Waals surface area contributed by atoms with Crippen LogP contribution < -0.4 is 0 Å². The lowest BCUT2D eigenvalue weighted by Gasteiger charge is -2.67. The quantitative estimate of drug-likeness (QED) is 0.0489. The van der Waals surface area contributed by atoms with E-state index in [9.17, 15) is 14.4 Å². The zero-order valence-electron chi connectivity index (χ0n) is 48.8. The predicted octanol–water partition coefficient (Wildman–Crippen LogP) is 16.8. The van der Waals surface area contributed by atoms with Gasteiger partial charge in [-0.15, -0.1) is 0 Å². The van der Waals surface area contributed by atoms with Gasteiger partial charge < -0.3 is 28.7 Å². The van der Waals surface area contributed by atoms with Crippen LogP contribution in [0.3, 0.4) is 0 Å². The van der Waals surface area contributed by atoms with Crippen molar-refractivity contribution in [1.29, 1.82) is 0 Å². The molecule has 0 saturated carbocycles. The number of carbonyl (C=O) groups excluding carboxylic acids is 1. The zero-order chi connectivity index (χ0) is 55.0. The van der Waals surface area contributed by atoms with Crippen LogP contribution in [-0.4, -0.2) is 70.0 Å². The number of ketones is 1. The number of phosphoric acid groups is 1. The minimum absolute atomic E-state index is 0.00374. The van der Waals surface area contributed by atoms with Gasteiger partial charge in [0.05, 0.1) is 26.4 Å². The molecule has 9 nitrogen and oxygen atoms in total. The van der Waals surface area contributed by atoms with Crippen LogP contribution in [0, 0.1) is 0 Å². The lowest BCUT2D eigenvalue weighted by molar-refractivity contribution is -0.357. The van der Waals surface area contributed by atoms with E-state index in [0.29, 0.717) is 12.8 Å². The largest absolute Gasteiger partial charge is 0.470 e. The fraction of sp³-hybridized carbons (Fsp3) is 0.623. The summed E-state index contributed by atoms with van der Waals surface area (Å²) >= 11 is 0. The molecule has 4 atom stereocenters. The van der Waals surface area contributed by atoms with Crippen LogP contribution >= 0.6 is 7.82 Å². The van der Waals surface area contributed by atoms with Gasteiger partial charge in [0, 0.05) is 32.1 Å². The van der Waals surface area contributed by atoms with E-state index in [1.54, 1.807) is 6.08 Å². The van der Waals surface area contributed by atoms with E-state index in [4.69, 9.17) is 23.5 Å². The van der Waals surface area contributed by atoms with Crippen molar-refractivity contribution in [2.45, 2.75) is 225 Å². The average molecular weight is 1010 g/mol. The summed E-state index contributed by atoms with van der Waals surface area (Å²) < 4.78 is 52.4. The zero-order valence-corrected chi connectivity index (χ0v) is 49.7. The molecule has 0 saturated heterocycles. The first kappa shape index (κ1) is 67.8. The second-order valence-corrected chi connectivity index (χ2v) is 23.2. The molecular weight excluding hydrogens is 908 g/mol. The second-order valence-electron chi connectivity index (χ2n) is 22.1. The molecule has 2 N–H and O–H groups in total. The highest BCUT2D eigenvalue weighted by atomic mass is 31.2. The molecule has 0 aromatic heterocycles. The number of ether oxygens (including phenoxy) is 4. The van der Waals surface area contributed by atoms with E-state index in [0.717, 1.165) is 61.3 Å². The molecule has 404 valence electrons. The van der Waals surface area contributed by atoms with Crippen LogP contribution in [0.2, 0.25) is 0 Å². The van der Waals surface area contributed by atoms with Crippen molar-refractivity contribution in [2.75, 3.05) is 26.4 Å². The van der Waals surface area contributed by atoms with E-state index < -0.39 is 41.6 Å². The third-order valence-corrected chi connectivity index (χ3v) is 12.8. The van der Waals surface area contributed by atoms with Gasteiger partial charge in [-0.3, -0.25) is 9.32 Å². The molecule has 0 bridgehead atoms. The molecule has 0 aromatic rings. The average Bonchev–Trinajstić information content (AvgIpc) is 3.22. The van der Waals surface area contributed by atoms with Gasteiger partial charge in [-0.2, -0.15) is 0 Å². The summed E-state index contributed by atoms with van der Waals surface area (Å²) in [5.41, 5.74) is 0.859. The molecule has 0 fully saturated rings. The van der Waals surface area contributed by atoms with Crippen molar-refractivity contribution in [1.82, 2.24) is 0 Å². The number of hydrogen-bond acceptors (Lipinski definition) is 7. The molecule has 0 aromatic carbocycles. The van der Waals surface area contributed by atoms with E-state index in [-0.39, 0.29) is 58.5 Å². The highest BCUT2D eigenvalue weighted by Crippen LogP contribution is 2.63. The SMILES string of the molecule is CC(C)=CCOC(CC=C(C)C)(CC=C(C)C)[C@@](CC=C(C)C)(OCC=C(C)C)[C@@](CC=C(C)C)(OCC=C(C)C)[C@](CC=C(C)C)(OCC=C(C)C)[C@@](CC=C(C)C)(OP(=O)(O)O)C(=O)CC=C(C)C. The fourth-order valence-corrected chi connectivity index (χ4v) is 9.18. The maximum atomic E-state index is 16.4. The Bertz CT molecular complexity index is 2070. The number of rotatable bonds is 33. The molecule has 0 spiro atoms. The Kier molecular flexibility index (Phi) is 30.0. The van der Waals surface area contributed by atoms with Crippen LogP contribution in [0.5, 0.6) is 0 Å². The van der Waals surface area contributed by atoms with Gasteiger partial charge in [-0.05, 0) is 165 Å². The molecule has 0 radical (unpaired) electrons. The molecule has 0 heterocycles. The van der Waals surface area contributed by atoms with Gasteiger partial charge in [0.25, 0.3) is 0 Å². The smallest absolute Gasteiger partial charge is 0.367 e. The number of phosphoric ester groups is 1. The summed E-state index contributed by atoms with van der Waals surface area (Å²) in [5, 5.41) is 0. The van der Waals surface area contributed by atoms with Gasteiger partial charge in [-0.25, -0.2) is 4.57 Å². The Morgan fingerprint density at radius 1 is 0.352 bits per heavy atom. The van der Waals surface area contributed by atoms with Crippen molar-refractivity contribution >= 4 is 13.6 Å². The Morgan fingerprint density at radius 2 is 0.620 bits per heavy atom. The minimum atomic E-state index is -5.62. The third kappa shape index (κ3) is 21.6. The van der Waals surface area contributed by atoms with Gasteiger partial charge in [-0.1, -0.05) is 128 Å².